The highest BCUT2D eigenvalue weighted by atomic mass is 32.1. The highest BCUT2D eigenvalue weighted by Crippen LogP contribution is 2.35. The molecule has 0 unspecified atom stereocenters. The molecule has 2 heterocycles. The predicted molar refractivity (Wildman–Crippen MR) is 128 cm³/mol. The average molecular weight is 445 g/mol. The summed E-state index contributed by atoms with van der Waals surface area (Å²) in [7, 11) is 1.37. The molecular formula is C26H24N2O3S. The molecule has 0 amide bonds. The fourth-order valence-corrected chi connectivity index (χ4v) is 5.74. The van der Waals surface area contributed by atoms with E-state index in [0.29, 0.717) is 17.9 Å². The number of ether oxygens (including phenoxy) is 1. The van der Waals surface area contributed by atoms with E-state index >= 15 is 0 Å². The average Bonchev–Trinajstić information content (AvgIpc) is 3.19. The van der Waals surface area contributed by atoms with Gasteiger partial charge in [-0.15, -0.1) is 11.3 Å². The first-order chi connectivity index (χ1) is 15.5. The van der Waals surface area contributed by atoms with Crippen molar-refractivity contribution >= 4 is 27.5 Å². The molecule has 0 saturated carbocycles. The molecule has 6 heteroatoms. The van der Waals surface area contributed by atoms with Crippen molar-refractivity contribution in [1.29, 1.82) is 0 Å². The standard InChI is InChI=1S/C26H24N2O3S/c1-16-7-5-9-18(13-16)23-27-24-22(20-11-3-4-12-21(20)32-24)25(29)28(23)15-17-8-6-10-19(14-17)26(30)31-2/h5-10,13-14H,3-4,11-12,15H2,1-2H3. The van der Waals surface area contributed by atoms with E-state index in [2.05, 4.69) is 6.07 Å². The molecule has 0 bridgehead atoms. The van der Waals surface area contributed by atoms with Gasteiger partial charge in [-0.1, -0.05) is 35.9 Å². The minimum atomic E-state index is -0.390. The van der Waals surface area contributed by atoms with Crippen LogP contribution in [0.1, 0.15) is 44.8 Å². The third kappa shape index (κ3) is 3.65. The number of fused-ring (bicyclic) bond motifs is 3. The van der Waals surface area contributed by atoms with E-state index in [0.717, 1.165) is 46.2 Å². The highest BCUT2D eigenvalue weighted by molar-refractivity contribution is 7.18. The number of aryl methyl sites for hydroxylation is 3. The second-order valence-electron chi connectivity index (χ2n) is 8.28. The first-order valence-corrected chi connectivity index (χ1v) is 11.7. The van der Waals surface area contributed by atoms with Gasteiger partial charge in [-0.3, -0.25) is 9.36 Å². The Hall–Kier alpha value is -3.25. The van der Waals surface area contributed by atoms with Crippen molar-refractivity contribution in [1.82, 2.24) is 9.55 Å². The molecule has 162 valence electrons. The summed E-state index contributed by atoms with van der Waals surface area (Å²) < 4.78 is 6.62. The van der Waals surface area contributed by atoms with Crippen LogP contribution in [0.15, 0.2) is 53.3 Å². The number of carbonyl (C=O) groups excluding carboxylic acids is 1. The Bertz CT molecular complexity index is 1400. The lowest BCUT2D eigenvalue weighted by Crippen LogP contribution is -2.24. The second-order valence-corrected chi connectivity index (χ2v) is 9.36. The SMILES string of the molecule is COC(=O)c1cccc(Cn2c(-c3cccc(C)c3)nc3sc4c(c3c2=O)CCCC4)c1. The lowest BCUT2D eigenvalue weighted by Gasteiger charge is -2.15. The summed E-state index contributed by atoms with van der Waals surface area (Å²) in [5, 5.41) is 0.769. The molecule has 1 aliphatic rings. The van der Waals surface area contributed by atoms with E-state index in [1.54, 1.807) is 28.0 Å². The zero-order valence-electron chi connectivity index (χ0n) is 18.2. The number of hydrogen-bond acceptors (Lipinski definition) is 5. The Kier molecular flexibility index (Phi) is 5.39. The molecule has 0 fully saturated rings. The number of nitrogens with zero attached hydrogens (tertiary/aromatic N) is 2. The monoisotopic (exact) mass is 444 g/mol. The molecule has 5 nitrogen and oxygen atoms in total. The van der Waals surface area contributed by atoms with E-state index in [-0.39, 0.29) is 5.56 Å². The zero-order chi connectivity index (χ0) is 22.2. The molecule has 1 aliphatic carbocycles. The number of carbonyl (C=O) groups is 1. The van der Waals surface area contributed by atoms with Gasteiger partial charge in [-0.2, -0.15) is 0 Å². The van der Waals surface area contributed by atoms with E-state index in [9.17, 15) is 9.59 Å². The van der Waals surface area contributed by atoms with Crippen molar-refractivity contribution in [3.05, 3.63) is 86.0 Å². The Balaban J connectivity index is 1.72. The molecule has 0 atom stereocenters. The van der Waals surface area contributed by atoms with Crippen LogP contribution in [0.3, 0.4) is 0 Å². The number of rotatable bonds is 4. The van der Waals surface area contributed by atoms with Crippen LogP contribution in [0.4, 0.5) is 0 Å². The quantitative estimate of drug-likeness (QED) is 0.409. The van der Waals surface area contributed by atoms with Gasteiger partial charge in [-0.25, -0.2) is 9.78 Å². The molecule has 0 N–H and O–H groups in total. The van der Waals surface area contributed by atoms with Crippen LogP contribution in [-0.2, 0) is 24.1 Å². The predicted octanol–water partition coefficient (Wildman–Crippen LogP) is 5.15. The Labute approximate surface area is 190 Å². The zero-order valence-corrected chi connectivity index (χ0v) is 19.0. The van der Waals surface area contributed by atoms with Crippen molar-refractivity contribution in [3.8, 4) is 11.4 Å². The van der Waals surface area contributed by atoms with Crippen LogP contribution in [-0.4, -0.2) is 22.6 Å². The lowest BCUT2D eigenvalue weighted by molar-refractivity contribution is 0.0600. The lowest BCUT2D eigenvalue weighted by atomic mass is 9.97. The maximum Gasteiger partial charge on any atom is 0.337 e. The Morgan fingerprint density at radius 2 is 1.94 bits per heavy atom. The third-order valence-electron chi connectivity index (χ3n) is 6.04. The third-order valence-corrected chi connectivity index (χ3v) is 7.23. The van der Waals surface area contributed by atoms with Crippen molar-refractivity contribution in [2.75, 3.05) is 7.11 Å². The van der Waals surface area contributed by atoms with Gasteiger partial charge in [0.25, 0.3) is 5.56 Å². The van der Waals surface area contributed by atoms with Gasteiger partial charge in [0, 0.05) is 10.4 Å². The molecular weight excluding hydrogens is 420 g/mol. The van der Waals surface area contributed by atoms with Gasteiger partial charge in [0.15, 0.2) is 0 Å². The van der Waals surface area contributed by atoms with Crippen molar-refractivity contribution < 1.29 is 9.53 Å². The maximum absolute atomic E-state index is 13.9. The van der Waals surface area contributed by atoms with E-state index in [1.807, 2.05) is 37.3 Å². The molecule has 0 spiro atoms. The summed E-state index contributed by atoms with van der Waals surface area (Å²) in [6, 6.07) is 15.3. The summed E-state index contributed by atoms with van der Waals surface area (Å²) in [6.45, 7) is 2.37. The number of esters is 1. The molecule has 4 aromatic rings. The number of thiophene rings is 1. The number of methoxy groups -OCH3 is 1. The van der Waals surface area contributed by atoms with Crippen LogP contribution >= 0.6 is 11.3 Å². The largest absolute Gasteiger partial charge is 0.465 e. The Morgan fingerprint density at radius 1 is 1.12 bits per heavy atom. The number of hydrogen-bond donors (Lipinski definition) is 0. The highest BCUT2D eigenvalue weighted by Gasteiger charge is 2.23. The van der Waals surface area contributed by atoms with E-state index in [1.165, 1.54) is 24.0 Å². The first kappa shape index (κ1) is 20.6. The van der Waals surface area contributed by atoms with Crippen LogP contribution in [0.25, 0.3) is 21.6 Å². The van der Waals surface area contributed by atoms with Crippen molar-refractivity contribution in [3.63, 3.8) is 0 Å². The van der Waals surface area contributed by atoms with Gasteiger partial charge in [0.2, 0.25) is 0 Å². The Morgan fingerprint density at radius 3 is 2.75 bits per heavy atom. The van der Waals surface area contributed by atoms with Gasteiger partial charge in [0.05, 0.1) is 24.6 Å². The number of benzene rings is 2. The smallest absolute Gasteiger partial charge is 0.337 e. The summed E-state index contributed by atoms with van der Waals surface area (Å²) in [4.78, 5) is 33.0. The minimum absolute atomic E-state index is 0.00521. The summed E-state index contributed by atoms with van der Waals surface area (Å²) >= 11 is 1.67. The van der Waals surface area contributed by atoms with E-state index < -0.39 is 5.97 Å². The fourth-order valence-electron chi connectivity index (χ4n) is 4.49. The second kappa shape index (κ2) is 8.36. The molecule has 32 heavy (non-hydrogen) atoms. The topological polar surface area (TPSA) is 61.2 Å². The summed E-state index contributed by atoms with van der Waals surface area (Å²) in [6.07, 6.45) is 4.24. The summed E-state index contributed by atoms with van der Waals surface area (Å²) in [5.41, 5.74) is 4.53. The number of aromatic nitrogens is 2. The van der Waals surface area contributed by atoms with Crippen LogP contribution < -0.4 is 5.56 Å². The maximum atomic E-state index is 13.9. The van der Waals surface area contributed by atoms with Crippen molar-refractivity contribution in [2.45, 2.75) is 39.2 Å². The molecule has 0 saturated heterocycles. The summed E-state index contributed by atoms with van der Waals surface area (Å²) in [5.74, 6) is 0.270. The van der Waals surface area contributed by atoms with Crippen LogP contribution in [0.2, 0.25) is 0 Å². The van der Waals surface area contributed by atoms with Gasteiger partial charge in [-0.05, 0) is 61.9 Å². The normalized spacial score (nSPS) is 13.2. The van der Waals surface area contributed by atoms with E-state index in [4.69, 9.17) is 9.72 Å². The molecule has 0 aliphatic heterocycles. The van der Waals surface area contributed by atoms with Gasteiger partial charge < -0.3 is 4.74 Å². The molecule has 5 rings (SSSR count). The molecule has 2 aromatic carbocycles. The minimum Gasteiger partial charge on any atom is -0.465 e. The molecule has 2 aromatic heterocycles. The van der Waals surface area contributed by atoms with Crippen LogP contribution in [0.5, 0.6) is 0 Å². The van der Waals surface area contributed by atoms with Crippen molar-refractivity contribution in [2.24, 2.45) is 0 Å². The van der Waals surface area contributed by atoms with Gasteiger partial charge in [0.1, 0.15) is 10.7 Å². The fraction of sp³-hybridized carbons (Fsp3) is 0.269. The van der Waals surface area contributed by atoms with Gasteiger partial charge >= 0.3 is 5.97 Å². The van der Waals surface area contributed by atoms with Crippen LogP contribution in [0, 0.1) is 6.92 Å². The molecule has 0 radical (unpaired) electrons. The first-order valence-electron chi connectivity index (χ1n) is 10.8.